The lowest BCUT2D eigenvalue weighted by Gasteiger charge is -2.32. The Morgan fingerprint density at radius 2 is 1.90 bits per heavy atom. The van der Waals surface area contributed by atoms with Crippen molar-refractivity contribution < 1.29 is 19.4 Å². The monoisotopic (exact) mass is 286 g/mol. The van der Waals surface area contributed by atoms with E-state index in [1.807, 2.05) is 48.5 Å². The number of rotatable bonds is 7. The van der Waals surface area contributed by atoms with Crippen molar-refractivity contribution in [2.45, 2.75) is 72.7 Å². The summed E-state index contributed by atoms with van der Waals surface area (Å²) in [5, 5.41) is 10.6. The number of esters is 1. The topological polar surface area (TPSA) is 55.8 Å². The van der Waals surface area contributed by atoms with E-state index in [-0.39, 0.29) is 29.3 Å². The highest BCUT2D eigenvalue weighted by molar-refractivity contribution is 5.78. The zero-order chi connectivity index (χ0) is 15.7. The van der Waals surface area contributed by atoms with Crippen LogP contribution in [0.2, 0.25) is 0 Å². The average molecular weight is 286 g/mol. The highest BCUT2D eigenvalue weighted by Crippen LogP contribution is 2.62. The maximum atomic E-state index is 12.1. The Bertz CT molecular complexity index is 346. The van der Waals surface area contributed by atoms with Gasteiger partial charge in [-0.1, -0.05) is 20.8 Å². The Morgan fingerprint density at radius 3 is 2.35 bits per heavy atom. The van der Waals surface area contributed by atoms with E-state index in [0.717, 1.165) is 6.42 Å². The van der Waals surface area contributed by atoms with E-state index < -0.39 is 11.7 Å². The fourth-order valence-electron chi connectivity index (χ4n) is 2.91. The van der Waals surface area contributed by atoms with Crippen molar-refractivity contribution in [2.24, 2.45) is 17.3 Å². The largest absolute Gasteiger partial charge is 0.463 e. The average Bonchev–Trinajstić information content (AvgIpc) is 2.87. The van der Waals surface area contributed by atoms with Crippen LogP contribution in [-0.2, 0) is 14.3 Å². The van der Waals surface area contributed by atoms with Gasteiger partial charge in [-0.25, -0.2) is 0 Å². The predicted molar refractivity (Wildman–Crippen MR) is 78.3 cm³/mol. The highest BCUT2D eigenvalue weighted by atomic mass is 16.5. The second kappa shape index (κ2) is 6.02. The third kappa shape index (κ3) is 3.53. The molecule has 0 spiro atoms. The molecule has 0 aliphatic heterocycles. The molecule has 1 N–H and O–H groups in total. The van der Waals surface area contributed by atoms with Crippen molar-refractivity contribution in [1.82, 2.24) is 0 Å². The third-order valence-corrected chi connectivity index (χ3v) is 4.25. The van der Waals surface area contributed by atoms with Crippen LogP contribution in [0.1, 0.15) is 54.9 Å². The molecule has 0 amide bonds. The van der Waals surface area contributed by atoms with Gasteiger partial charge in [-0.05, 0) is 39.5 Å². The van der Waals surface area contributed by atoms with E-state index >= 15 is 0 Å². The van der Waals surface area contributed by atoms with Crippen LogP contribution in [0.3, 0.4) is 0 Å². The lowest BCUT2D eigenvalue weighted by molar-refractivity contribution is -0.151. The van der Waals surface area contributed by atoms with Crippen molar-refractivity contribution in [3.8, 4) is 0 Å². The number of carbonyl (C=O) groups is 1. The first kappa shape index (κ1) is 17.4. The summed E-state index contributed by atoms with van der Waals surface area (Å²) in [5.74, 6) is -0.564. The first-order valence-corrected chi connectivity index (χ1v) is 7.58. The molecule has 4 nitrogen and oxygen atoms in total. The highest BCUT2D eigenvalue weighted by Gasteiger charge is 2.67. The Labute approximate surface area is 122 Å². The number of carbonyl (C=O) groups excluding carboxylic acids is 1. The molecule has 1 rings (SSSR count). The van der Waals surface area contributed by atoms with E-state index in [2.05, 4.69) is 0 Å². The zero-order valence-corrected chi connectivity index (χ0v) is 13.9. The van der Waals surface area contributed by atoms with Crippen LogP contribution in [-0.4, -0.2) is 35.5 Å². The van der Waals surface area contributed by atoms with Crippen LogP contribution in [0.25, 0.3) is 0 Å². The Hall–Kier alpha value is -0.610. The number of aliphatic hydroxyl groups excluding tert-OH is 1. The fraction of sp³-hybridized carbons (Fsp3) is 0.938. The van der Waals surface area contributed by atoms with Crippen molar-refractivity contribution in [3.05, 3.63) is 0 Å². The first-order valence-electron chi connectivity index (χ1n) is 7.58. The number of hydrogen-bond acceptors (Lipinski definition) is 4. The quantitative estimate of drug-likeness (QED) is 0.731. The second-order valence-electron chi connectivity index (χ2n) is 7.21. The lowest BCUT2D eigenvalue weighted by Crippen LogP contribution is -2.42. The van der Waals surface area contributed by atoms with E-state index in [1.165, 1.54) is 0 Å². The molecule has 4 heteroatoms. The van der Waals surface area contributed by atoms with Gasteiger partial charge in [-0.3, -0.25) is 4.79 Å². The summed E-state index contributed by atoms with van der Waals surface area (Å²) in [4.78, 5) is 12.1. The minimum Gasteiger partial charge on any atom is -0.463 e. The van der Waals surface area contributed by atoms with Crippen LogP contribution in [0.5, 0.6) is 0 Å². The summed E-state index contributed by atoms with van der Waals surface area (Å²) in [7, 11) is 0. The molecule has 3 atom stereocenters. The predicted octanol–water partition coefficient (Wildman–Crippen LogP) is 2.78. The second-order valence-corrected chi connectivity index (χ2v) is 7.21. The molecule has 20 heavy (non-hydrogen) atoms. The van der Waals surface area contributed by atoms with Crippen molar-refractivity contribution in [2.75, 3.05) is 6.61 Å². The summed E-state index contributed by atoms with van der Waals surface area (Å²) in [5.41, 5.74) is -0.886. The van der Waals surface area contributed by atoms with Gasteiger partial charge in [0.25, 0.3) is 0 Å². The van der Waals surface area contributed by atoms with Gasteiger partial charge in [-0.15, -0.1) is 0 Å². The molecule has 0 aromatic carbocycles. The summed E-state index contributed by atoms with van der Waals surface area (Å²) in [6.45, 7) is 14.1. The van der Waals surface area contributed by atoms with Crippen molar-refractivity contribution in [3.63, 3.8) is 0 Å². The molecule has 0 bridgehead atoms. The van der Waals surface area contributed by atoms with Gasteiger partial charge in [0.2, 0.25) is 0 Å². The molecule has 3 unspecified atom stereocenters. The first-order chi connectivity index (χ1) is 9.05. The molecule has 1 fully saturated rings. The lowest BCUT2D eigenvalue weighted by atomic mass is 9.93. The Morgan fingerprint density at radius 1 is 1.35 bits per heavy atom. The van der Waals surface area contributed by atoms with Crippen LogP contribution >= 0.6 is 0 Å². The van der Waals surface area contributed by atoms with Crippen molar-refractivity contribution >= 4 is 5.97 Å². The number of hydrogen-bond donors (Lipinski definition) is 1. The van der Waals surface area contributed by atoms with Gasteiger partial charge >= 0.3 is 5.97 Å². The molecule has 0 aromatic heterocycles. The van der Waals surface area contributed by atoms with Crippen molar-refractivity contribution in [1.29, 1.82) is 0 Å². The fourth-order valence-corrected chi connectivity index (χ4v) is 2.91. The molecule has 1 aliphatic carbocycles. The summed E-state index contributed by atoms with van der Waals surface area (Å²) in [6, 6.07) is 0. The molecular formula is C16H30O4. The Kier molecular flexibility index (Phi) is 5.25. The SMILES string of the molecule is CCCOC(C)(C)C(O)C1C(C(=O)OC(C)C)C1(C)C. The van der Waals surface area contributed by atoms with Gasteiger partial charge in [0.05, 0.1) is 23.7 Å². The molecule has 1 aliphatic rings. The van der Waals surface area contributed by atoms with Crippen LogP contribution in [0, 0.1) is 17.3 Å². The van der Waals surface area contributed by atoms with E-state index in [0.29, 0.717) is 6.61 Å². The maximum Gasteiger partial charge on any atom is 0.310 e. The normalized spacial score (nSPS) is 26.4. The number of aliphatic hydroxyl groups is 1. The summed E-state index contributed by atoms with van der Waals surface area (Å²) < 4.78 is 11.0. The number of ether oxygens (including phenoxy) is 2. The van der Waals surface area contributed by atoms with Crippen LogP contribution in [0.15, 0.2) is 0 Å². The van der Waals surface area contributed by atoms with Crippen LogP contribution < -0.4 is 0 Å². The van der Waals surface area contributed by atoms with Gasteiger partial charge in [0, 0.05) is 12.5 Å². The minimum absolute atomic E-state index is 0.111. The van der Waals surface area contributed by atoms with E-state index in [1.54, 1.807) is 0 Å². The molecule has 0 saturated heterocycles. The standard InChI is InChI=1S/C16H30O4/c1-8-9-19-16(6,7)13(17)11-12(15(11,4)5)14(18)20-10(2)3/h10-13,17H,8-9H2,1-7H3. The van der Waals surface area contributed by atoms with Gasteiger partial charge < -0.3 is 14.6 Å². The molecule has 1 saturated carbocycles. The van der Waals surface area contributed by atoms with Gasteiger partial charge in [0.15, 0.2) is 0 Å². The van der Waals surface area contributed by atoms with Gasteiger partial charge in [-0.2, -0.15) is 0 Å². The molecule has 0 heterocycles. The molecule has 0 radical (unpaired) electrons. The third-order valence-electron chi connectivity index (χ3n) is 4.25. The Balaban J connectivity index is 2.74. The molecule has 0 aromatic rings. The van der Waals surface area contributed by atoms with E-state index in [9.17, 15) is 9.90 Å². The summed E-state index contributed by atoms with van der Waals surface area (Å²) >= 11 is 0. The minimum atomic E-state index is -0.672. The van der Waals surface area contributed by atoms with Crippen LogP contribution in [0.4, 0.5) is 0 Å². The van der Waals surface area contributed by atoms with E-state index in [4.69, 9.17) is 9.47 Å². The zero-order valence-electron chi connectivity index (χ0n) is 13.9. The summed E-state index contributed by atoms with van der Waals surface area (Å²) in [6.07, 6.45) is 0.109. The van der Waals surface area contributed by atoms with Gasteiger partial charge in [0.1, 0.15) is 0 Å². The maximum absolute atomic E-state index is 12.1. The molecule has 118 valence electrons. The smallest absolute Gasteiger partial charge is 0.310 e. The molecular weight excluding hydrogens is 256 g/mol.